The van der Waals surface area contributed by atoms with Crippen molar-refractivity contribution in [1.29, 1.82) is 0 Å². The van der Waals surface area contributed by atoms with Crippen molar-refractivity contribution >= 4 is 23.2 Å². The normalized spacial score (nSPS) is 20.0. The number of rotatable bonds is 4. The van der Waals surface area contributed by atoms with E-state index in [0.29, 0.717) is 5.92 Å². The molecule has 1 aliphatic carbocycles. The summed E-state index contributed by atoms with van der Waals surface area (Å²) >= 11 is 11.2. The lowest BCUT2D eigenvalue weighted by atomic mass is 10.0. The molecule has 1 atom stereocenters. The van der Waals surface area contributed by atoms with Crippen molar-refractivity contribution in [3.63, 3.8) is 0 Å². The molecule has 7 heteroatoms. The van der Waals surface area contributed by atoms with Crippen molar-refractivity contribution in [2.24, 2.45) is 11.3 Å². The Bertz CT molecular complexity index is 610. The Morgan fingerprint density at radius 2 is 1.59 bits per heavy atom. The predicted molar refractivity (Wildman–Crippen MR) is 76.8 cm³/mol. The zero-order valence-electron chi connectivity index (χ0n) is 12.0. The number of hydrogen-bond acceptors (Lipinski definition) is 1. The van der Waals surface area contributed by atoms with Gasteiger partial charge >= 0.3 is 0 Å². The molecule has 1 aliphatic rings. The highest BCUT2D eigenvalue weighted by Crippen LogP contribution is 2.63. The van der Waals surface area contributed by atoms with Gasteiger partial charge in [0.2, 0.25) is 11.6 Å². The second-order valence-electron chi connectivity index (χ2n) is 5.63. The van der Waals surface area contributed by atoms with Gasteiger partial charge in [0.15, 0.2) is 17.4 Å². The maximum atomic E-state index is 14.0. The smallest absolute Gasteiger partial charge is 0.204 e. The zero-order valence-corrected chi connectivity index (χ0v) is 13.5. The lowest BCUT2D eigenvalue weighted by Gasteiger charge is -2.11. The van der Waals surface area contributed by atoms with E-state index in [9.17, 15) is 17.6 Å². The predicted octanol–water partition coefficient (Wildman–Crippen LogP) is 5.34. The van der Waals surface area contributed by atoms with Crippen LogP contribution in [0.3, 0.4) is 0 Å². The van der Waals surface area contributed by atoms with E-state index in [1.54, 1.807) is 0 Å². The molecule has 0 bridgehead atoms. The molecule has 1 radical (unpaired) electrons. The summed E-state index contributed by atoms with van der Waals surface area (Å²) in [6.07, 6.45) is 1.29. The number of benzene rings is 1. The van der Waals surface area contributed by atoms with Gasteiger partial charge in [0.1, 0.15) is 4.49 Å². The van der Waals surface area contributed by atoms with E-state index in [2.05, 4.69) is 4.74 Å². The molecule has 1 nitrogen and oxygen atoms in total. The Morgan fingerprint density at radius 3 is 2.00 bits per heavy atom. The monoisotopic (exact) mass is 355 g/mol. The van der Waals surface area contributed by atoms with Crippen molar-refractivity contribution < 1.29 is 22.3 Å². The number of halogens is 6. The molecule has 0 amide bonds. The summed E-state index contributed by atoms with van der Waals surface area (Å²) in [5.41, 5.74) is -1.07. The van der Waals surface area contributed by atoms with Gasteiger partial charge in [-0.1, -0.05) is 37.0 Å². The number of ether oxygens (including phenoxy) is 1. The maximum Gasteiger partial charge on any atom is 0.204 e. The molecule has 121 valence electrons. The molecule has 1 unspecified atom stereocenters. The molecule has 0 spiro atoms. The maximum absolute atomic E-state index is 14.0. The van der Waals surface area contributed by atoms with E-state index in [1.807, 2.05) is 13.8 Å². The standard InChI is InChI=1S/C15H13Cl2F4O/c1-15(2)7(8(15)5-9(16)17)4-6-10(18)12(20)14(22-3)13(21)11(6)19/h5,8H,4H2,1-3H3. The SMILES string of the molecule is COc1c(F)c(F)c(C[C]2C(C=C(Cl)Cl)C2(C)C)c(F)c1F. The lowest BCUT2D eigenvalue weighted by molar-refractivity contribution is 0.329. The first-order valence-electron chi connectivity index (χ1n) is 6.40. The molecule has 0 saturated heterocycles. The summed E-state index contributed by atoms with van der Waals surface area (Å²) in [5, 5.41) is 0. The van der Waals surface area contributed by atoms with Crippen LogP contribution < -0.4 is 4.74 Å². The molecular formula is C15H13Cl2F4O. The van der Waals surface area contributed by atoms with Gasteiger partial charge in [0, 0.05) is 5.56 Å². The van der Waals surface area contributed by atoms with Crippen LogP contribution in [-0.2, 0) is 6.42 Å². The van der Waals surface area contributed by atoms with E-state index in [0.717, 1.165) is 7.11 Å². The van der Waals surface area contributed by atoms with Crippen LogP contribution in [0.15, 0.2) is 10.6 Å². The van der Waals surface area contributed by atoms with Gasteiger partial charge in [-0.3, -0.25) is 0 Å². The Kier molecular flexibility index (Phi) is 4.69. The van der Waals surface area contributed by atoms with Gasteiger partial charge in [0.05, 0.1) is 7.11 Å². The summed E-state index contributed by atoms with van der Waals surface area (Å²) in [7, 11) is 0.933. The molecule has 0 aliphatic heterocycles. The first-order valence-corrected chi connectivity index (χ1v) is 7.16. The molecule has 2 rings (SSSR count). The summed E-state index contributed by atoms with van der Waals surface area (Å²) in [4.78, 5) is 0. The van der Waals surface area contributed by atoms with E-state index in [-0.39, 0.29) is 16.8 Å². The third kappa shape index (κ3) is 2.81. The third-order valence-electron chi connectivity index (χ3n) is 4.08. The molecule has 0 heterocycles. The number of allylic oxidation sites excluding steroid dienone is 1. The Hall–Kier alpha value is -0.940. The van der Waals surface area contributed by atoms with E-state index >= 15 is 0 Å². The fourth-order valence-corrected chi connectivity index (χ4v) is 2.88. The van der Waals surface area contributed by atoms with Gasteiger partial charge in [-0.15, -0.1) is 0 Å². The molecule has 0 aromatic heterocycles. The minimum absolute atomic E-state index is 0.0288. The van der Waals surface area contributed by atoms with Crippen LogP contribution in [0.1, 0.15) is 19.4 Å². The highest BCUT2D eigenvalue weighted by molar-refractivity contribution is 6.55. The molecule has 22 heavy (non-hydrogen) atoms. The third-order valence-corrected chi connectivity index (χ3v) is 4.33. The van der Waals surface area contributed by atoms with Crippen LogP contribution in [-0.4, -0.2) is 7.11 Å². The minimum Gasteiger partial charge on any atom is -0.491 e. The second-order valence-corrected chi connectivity index (χ2v) is 6.63. The topological polar surface area (TPSA) is 9.23 Å². The summed E-state index contributed by atoms with van der Waals surface area (Å²) in [5.74, 6) is -6.58. The highest BCUT2D eigenvalue weighted by Gasteiger charge is 2.57. The summed E-state index contributed by atoms with van der Waals surface area (Å²) in [6.45, 7) is 3.65. The average molecular weight is 356 g/mol. The Morgan fingerprint density at radius 1 is 1.09 bits per heavy atom. The van der Waals surface area contributed by atoms with Gasteiger partial charge in [-0.25, -0.2) is 8.78 Å². The molecule has 1 aromatic rings. The molecule has 1 saturated carbocycles. The van der Waals surface area contributed by atoms with Crippen molar-refractivity contribution in [2.45, 2.75) is 20.3 Å². The fraction of sp³-hybridized carbons (Fsp3) is 0.400. The summed E-state index contributed by atoms with van der Waals surface area (Å²) in [6, 6.07) is 0. The van der Waals surface area contributed by atoms with Crippen LogP contribution in [0.5, 0.6) is 5.75 Å². The Labute approximate surface area is 135 Å². The molecule has 0 N–H and O–H groups in total. The van der Waals surface area contributed by atoms with Crippen LogP contribution in [0.2, 0.25) is 0 Å². The van der Waals surface area contributed by atoms with Crippen molar-refractivity contribution in [3.05, 3.63) is 45.3 Å². The van der Waals surface area contributed by atoms with Crippen molar-refractivity contribution in [1.82, 2.24) is 0 Å². The van der Waals surface area contributed by atoms with E-state index in [4.69, 9.17) is 23.2 Å². The Balaban J connectivity index is 2.38. The van der Waals surface area contributed by atoms with E-state index < -0.39 is 40.0 Å². The minimum atomic E-state index is -1.54. The highest BCUT2D eigenvalue weighted by atomic mass is 35.5. The van der Waals surface area contributed by atoms with Crippen molar-refractivity contribution in [3.8, 4) is 5.75 Å². The second kappa shape index (κ2) is 5.93. The molecule has 1 aromatic carbocycles. The van der Waals surface area contributed by atoms with Gasteiger partial charge in [0.25, 0.3) is 0 Å². The first kappa shape index (κ1) is 17.4. The quantitative estimate of drug-likeness (QED) is 0.523. The largest absolute Gasteiger partial charge is 0.491 e. The average Bonchev–Trinajstić information content (AvgIpc) is 2.93. The number of methoxy groups -OCH3 is 1. The van der Waals surface area contributed by atoms with Crippen molar-refractivity contribution in [2.75, 3.05) is 7.11 Å². The van der Waals surface area contributed by atoms with Crippen LogP contribution in [0.4, 0.5) is 17.6 Å². The molecular weight excluding hydrogens is 343 g/mol. The number of hydrogen-bond donors (Lipinski definition) is 0. The molecule has 1 fully saturated rings. The van der Waals surface area contributed by atoms with Crippen LogP contribution in [0, 0.1) is 40.5 Å². The summed E-state index contributed by atoms with van der Waals surface area (Å²) < 4.78 is 59.7. The van der Waals surface area contributed by atoms with Gasteiger partial charge in [-0.05, 0) is 29.7 Å². The zero-order chi connectivity index (χ0) is 16.8. The van der Waals surface area contributed by atoms with E-state index in [1.165, 1.54) is 6.08 Å². The van der Waals surface area contributed by atoms with Crippen LogP contribution in [0.25, 0.3) is 0 Å². The first-order chi connectivity index (χ1) is 10.1. The fourth-order valence-electron chi connectivity index (χ4n) is 2.63. The van der Waals surface area contributed by atoms with Gasteiger partial charge < -0.3 is 4.74 Å². The lowest BCUT2D eigenvalue weighted by Crippen LogP contribution is -2.08. The van der Waals surface area contributed by atoms with Gasteiger partial charge in [-0.2, -0.15) is 8.78 Å². The van der Waals surface area contributed by atoms with Crippen LogP contribution >= 0.6 is 23.2 Å².